The number of primary amides is 1. The van der Waals surface area contributed by atoms with E-state index in [1.807, 2.05) is 68.4 Å². The molecule has 0 saturated carbocycles. The highest BCUT2D eigenvalue weighted by Crippen LogP contribution is 2.40. The number of nitrogens with one attached hydrogen (secondary N) is 1. The van der Waals surface area contributed by atoms with Gasteiger partial charge in [0.25, 0.3) is 5.91 Å². The highest BCUT2D eigenvalue weighted by atomic mass is 32.1. The minimum Gasteiger partial charge on any atom is -0.392 e. The molecule has 4 rings (SSSR count). The Hall–Kier alpha value is -3.97. The number of anilines is 1. The molecule has 0 fully saturated rings. The molecule has 0 saturated heterocycles. The first-order chi connectivity index (χ1) is 16.5. The number of amides is 1. The first-order valence-electron chi connectivity index (χ1n) is 10.9. The van der Waals surface area contributed by atoms with Gasteiger partial charge in [-0.25, -0.2) is 4.98 Å². The van der Waals surface area contributed by atoms with Crippen LogP contribution in [-0.4, -0.2) is 22.7 Å². The van der Waals surface area contributed by atoms with Crippen LogP contribution in [0.3, 0.4) is 0 Å². The molecule has 7 heteroatoms. The minimum atomic E-state index is -0.725. The normalized spacial score (nSPS) is 11.9. The topological polar surface area (TPSA) is 89.6 Å². The molecular formula is C27H26N4O2S. The molecule has 0 bridgehead atoms. The van der Waals surface area contributed by atoms with Crippen LogP contribution in [0.25, 0.3) is 0 Å². The van der Waals surface area contributed by atoms with Crippen LogP contribution < -0.4 is 11.1 Å². The quantitative estimate of drug-likeness (QED) is 0.201. The summed E-state index contributed by atoms with van der Waals surface area (Å²) in [6, 6.07) is 30.7. The number of thiazole rings is 1. The van der Waals surface area contributed by atoms with Crippen molar-refractivity contribution < 1.29 is 9.63 Å². The third-order valence-corrected chi connectivity index (χ3v) is 6.01. The van der Waals surface area contributed by atoms with E-state index in [4.69, 9.17) is 10.6 Å². The predicted octanol–water partition coefficient (Wildman–Crippen LogP) is 5.16. The van der Waals surface area contributed by atoms with Gasteiger partial charge in [-0.2, -0.15) is 0 Å². The highest BCUT2D eigenvalue weighted by molar-refractivity contribution is 7.14. The maximum Gasteiger partial charge on any atom is 0.273 e. The van der Waals surface area contributed by atoms with Crippen LogP contribution in [0.2, 0.25) is 0 Å². The molecule has 1 aromatic heterocycles. The summed E-state index contributed by atoms with van der Waals surface area (Å²) in [5.41, 5.74) is 8.34. The molecule has 34 heavy (non-hydrogen) atoms. The molecule has 0 unspecified atom stereocenters. The zero-order chi connectivity index (χ0) is 24.0. The van der Waals surface area contributed by atoms with Gasteiger partial charge in [-0.1, -0.05) is 96.2 Å². The number of oxime groups is 1. The van der Waals surface area contributed by atoms with Gasteiger partial charge in [0.1, 0.15) is 17.3 Å². The molecular weight excluding hydrogens is 444 g/mol. The lowest BCUT2D eigenvalue weighted by atomic mass is 9.77. The number of carbonyl (C=O) groups excluding carboxylic acids is 1. The molecule has 1 heterocycles. The van der Waals surface area contributed by atoms with Gasteiger partial charge in [-0.3, -0.25) is 4.79 Å². The average Bonchev–Trinajstić information content (AvgIpc) is 3.32. The van der Waals surface area contributed by atoms with Crippen molar-refractivity contribution in [2.75, 3.05) is 5.32 Å². The van der Waals surface area contributed by atoms with Gasteiger partial charge in [0.15, 0.2) is 10.8 Å². The number of benzene rings is 3. The lowest BCUT2D eigenvalue weighted by Crippen LogP contribution is -2.38. The fourth-order valence-corrected chi connectivity index (χ4v) is 4.51. The molecule has 0 radical (unpaired) electrons. The Morgan fingerprint density at radius 1 is 0.912 bits per heavy atom. The summed E-state index contributed by atoms with van der Waals surface area (Å²) < 4.78 is 0. The Labute approximate surface area is 203 Å². The molecule has 6 nitrogen and oxygen atoms in total. The Morgan fingerprint density at radius 3 is 1.79 bits per heavy atom. The Morgan fingerprint density at radius 2 is 1.38 bits per heavy atom. The minimum absolute atomic E-state index is 0.0114. The van der Waals surface area contributed by atoms with E-state index in [1.165, 1.54) is 11.3 Å². The van der Waals surface area contributed by atoms with Crippen molar-refractivity contribution in [3.63, 3.8) is 0 Å². The Balaban J connectivity index is 1.85. The van der Waals surface area contributed by atoms with E-state index in [9.17, 15) is 4.79 Å². The largest absolute Gasteiger partial charge is 0.392 e. The maximum absolute atomic E-state index is 12.0. The molecule has 0 aliphatic carbocycles. The number of carbonyl (C=O) groups is 1. The summed E-state index contributed by atoms with van der Waals surface area (Å²) in [4.78, 5) is 22.0. The third-order valence-electron chi connectivity index (χ3n) is 5.25. The van der Waals surface area contributed by atoms with Gasteiger partial charge >= 0.3 is 0 Å². The van der Waals surface area contributed by atoms with Crippen LogP contribution in [0.5, 0.6) is 0 Å². The molecule has 0 aliphatic heterocycles. The van der Waals surface area contributed by atoms with Crippen molar-refractivity contribution in [2.24, 2.45) is 10.9 Å². The van der Waals surface area contributed by atoms with E-state index >= 15 is 0 Å². The molecule has 3 aromatic carbocycles. The van der Waals surface area contributed by atoms with Crippen molar-refractivity contribution in [3.8, 4) is 0 Å². The second-order valence-electron chi connectivity index (χ2n) is 7.97. The predicted molar refractivity (Wildman–Crippen MR) is 137 cm³/mol. The summed E-state index contributed by atoms with van der Waals surface area (Å²) in [5, 5.41) is 9.98. The molecule has 0 atom stereocenters. The van der Waals surface area contributed by atoms with E-state index in [0.717, 1.165) is 16.7 Å². The summed E-state index contributed by atoms with van der Waals surface area (Å²) in [5.74, 6) is -0.696. The Kier molecular flexibility index (Phi) is 7.04. The Bertz CT molecular complexity index is 1160. The fourth-order valence-electron chi connectivity index (χ4n) is 3.76. The van der Waals surface area contributed by atoms with Crippen LogP contribution in [-0.2, 0) is 15.2 Å². The summed E-state index contributed by atoms with van der Waals surface area (Å²) in [7, 11) is 0. The number of nitrogens with zero attached hydrogens (tertiary/aromatic N) is 2. The average molecular weight is 471 g/mol. The second-order valence-corrected chi connectivity index (χ2v) is 8.83. The second kappa shape index (κ2) is 10.3. The van der Waals surface area contributed by atoms with Crippen molar-refractivity contribution in [1.29, 1.82) is 0 Å². The smallest absolute Gasteiger partial charge is 0.273 e. The summed E-state index contributed by atoms with van der Waals surface area (Å²) in [6.45, 7) is 3.65. The zero-order valence-electron chi connectivity index (χ0n) is 19.0. The van der Waals surface area contributed by atoms with Crippen LogP contribution in [0, 0.1) is 0 Å². The van der Waals surface area contributed by atoms with Gasteiger partial charge in [0.2, 0.25) is 0 Å². The molecule has 0 spiro atoms. The fraction of sp³-hybridized carbons (Fsp3) is 0.148. The van der Waals surface area contributed by atoms with Crippen molar-refractivity contribution in [2.45, 2.75) is 25.5 Å². The third kappa shape index (κ3) is 4.84. The molecule has 0 aliphatic rings. The van der Waals surface area contributed by atoms with E-state index < -0.39 is 11.4 Å². The molecule has 4 aromatic rings. The van der Waals surface area contributed by atoms with Crippen molar-refractivity contribution in [1.82, 2.24) is 4.98 Å². The lowest BCUT2D eigenvalue weighted by Gasteiger charge is -2.36. The SMILES string of the molecule is CC(C)ON=C(C(N)=O)c1csc(NC(c2ccccc2)(c2ccccc2)c2ccccc2)n1. The van der Waals surface area contributed by atoms with Crippen LogP contribution in [0.1, 0.15) is 36.2 Å². The van der Waals surface area contributed by atoms with Gasteiger partial charge in [0.05, 0.1) is 0 Å². The van der Waals surface area contributed by atoms with Gasteiger partial charge in [0, 0.05) is 5.38 Å². The number of hydrogen-bond acceptors (Lipinski definition) is 6. The number of nitrogens with two attached hydrogens (primary N) is 1. The first kappa shape index (κ1) is 23.2. The van der Waals surface area contributed by atoms with Crippen molar-refractivity contribution in [3.05, 3.63) is 119 Å². The van der Waals surface area contributed by atoms with Crippen LogP contribution in [0.4, 0.5) is 5.13 Å². The zero-order valence-corrected chi connectivity index (χ0v) is 19.8. The summed E-state index contributed by atoms with van der Waals surface area (Å²) in [6.07, 6.45) is -0.188. The first-order valence-corrected chi connectivity index (χ1v) is 11.8. The van der Waals surface area contributed by atoms with Crippen LogP contribution >= 0.6 is 11.3 Å². The highest BCUT2D eigenvalue weighted by Gasteiger charge is 2.37. The van der Waals surface area contributed by atoms with E-state index in [0.29, 0.717) is 10.8 Å². The van der Waals surface area contributed by atoms with Gasteiger partial charge in [-0.15, -0.1) is 11.3 Å². The maximum atomic E-state index is 12.0. The van der Waals surface area contributed by atoms with Gasteiger partial charge in [-0.05, 0) is 30.5 Å². The van der Waals surface area contributed by atoms with Crippen LogP contribution in [0.15, 0.2) is 102 Å². The van der Waals surface area contributed by atoms with E-state index in [2.05, 4.69) is 51.9 Å². The van der Waals surface area contributed by atoms with E-state index in [1.54, 1.807) is 5.38 Å². The summed E-state index contributed by atoms with van der Waals surface area (Å²) >= 11 is 1.37. The number of hydrogen-bond donors (Lipinski definition) is 2. The van der Waals surface area contributed by atoms with Gasteiger partial charge < -0.3 is 15.9 Å². The molecule has 3 N–H and O–H groups in total. The van der Waals surface area contributed by atoms with Crippen molar-refractivity contribution >= 4 is 28.1 Å². The van der Waals surface area contributed by atoms with E-state index in [-0.39, 0.29) is 11.8 Å². The molecule has 1 amide bonds. The number of rotatable bonds is 9. The monoisotopic (exact) mass is 470 g/mol. The molecule has 172 valence electrons. The lowest BCUT2D eigenvalue weighted by molar-refractivity contribution is -0.112. The standard InChI is InChI=1S/C27H26N4O2S/c1-19(2)33-31-24(25(28)32)23-18-34-26(29-23)30-27(20-12-6-3-7-13-20,21-14-8-4-9-15-21)22-16-10-5-11-17-22/h3-19H,1-2H3,(H2,28,32)(H,29,30). The number of aromatic nitrogens is 1.